The second-order valence-corrected chi connectivity index (χ2v) is 15.8. The minimum atomic E-state index is -0.180. The first-order chi connectivity index (χ1) is 29.0. The summed E-state index contributed by atoms with van der Waals surface area (Å²) in [6.07, 6.45) is 0. The molecule has 9 aromatic carbocycles. The molecule has 0 aromatic heterocycles. The van der Waals surface area contributed by atoms with E-state index in [0.717, 1.165) is 39.7 Å². The molecule has 2 nitrogen and oxygen atoms in total. The topological polar surface area (TPSA) is 12.5 Å². The lowest BCUT2D eigenvalue weighted by atomic mass is 9.75. The second kappa shape index (κ2) is 15.2. The Kier molecular flexibility index (Phi) is 9.24. The van der Waals surface area contributed by atoms with Crippen molar-refractivity contribution in [3.63, 3.8) is 0 Å². The SMILES string of the molecule is CC1(C)c2ccccc2Oc2c(-c3ccc(N(c4ccc(-c5cccc(-c6ccccc6)c5)cc4)c4ccc(-c5cccc(-c6ccccc6)c5)cc4)cc3)cccc21. The molecule has 0 saturated carbocycles. The quantitative estimate of drug-likeness (QED) is 0.153. The van der Waals surface area contributed by atoms with Crippen molar-refractivity contribution in [2.24, 2.45) is 0 Å². The Balaban J connectivity index is 1.01. The third-order valence-electron chi connectivity index (χ3n) is 11.8. The zero-order valence-corrected chi connectivity index (χ0v) is 33.2. The van der Waals surface area contributed by atoms with Gasteiger partial charge in [0.15, 0.2) is 0 Å². The summed E-state index contributed by atoms with van der Waals surface area (Å²) in [6, 6.07) is 80.4. The van der Waals surface area contributed by atoms with Gasteiger partial charge in [-0.15, -0.1) is 0 Å². The van der Waals surface area contributed by atoms with E-state index in [1.54, 1.807) is 0 Å². The molecular formula is C57H43NO. The molecule has 59 heavy (non-hydrogen) atoms. The highest BCUT2D eigenvalue weighted by atomic mass is 16.5. The molecule has 2 heteroatoms. The largest absolute Gasteiger partial charge is 0.456 e. The third-order valence-corrected chi connectivity index (χ3v) is 11.8. The summed E-state index contributed by atoms with van der Waals surface area (Å²) in [5.74, 6) is 1.85. The van der Waals surface area contributed by atoms with Crippen LogP contribution in [0, 0.1) is 0 Å². The van der Waals surface area contributed by atoms with Gasteiger partial charge in [0, 0.05) is 39.2 Å². The van der Waals surface area contributed by atoms with Crippen LogP contribution in [0.15, 0.2) is 224 Å². The van der Waals surface area contributed by atoms with Gasteiger partial charge >= 0.3 is 0 Å². The van der Waals surface area contributed by atoms with Crippen molar-refractivity contribution in [2.75, 3.05) is 4.90 Å². The number of hydrogen-bond acceptors (Lipinski definition) is 2. The van der Waals surface area contributed by atoms with Crippen molar-refractivity contribution in [2.45, 2.75) is 19.3 Å². The Morgan fingerprint density at radius 1 is 0.322 bits per heavy atom. The van der Waals surface area contributed by atoms with Gasteiger partial charge in [0.25, 0.3) is 0 Å². The van der Waals surface area contributed by atoms with Gasteiger partial charge in [0.05, 0.1) is 0 Å². The molecule has 0 spiro atoms. The predicted octanol–water partition coefficient (Wildman–Crippen LogP) is 15.9. The van der Waals surface area contributed by atoms with Gasteiger partial charge in [0.1, 0.15) is 11.5 Å². The van der Waals surface area contributed by atoms with Crippen LogP contribution in [0.2, 0.25) is 0 Å². The zero-order valence-electron chi connectivity index (χ0n) is 33.2. The molecular weight excluding hydrogens is 715 g/mol. The predicted molar refractivity (Wildman–Crippen MR) is 247 cm³/mol. The van der Waals surface area contributed by atoms with E-state index in [1.165, 1.54) is 55.6 Å². The highest BCUT2D eigenvalue weighted by molar-refractivity contribution is 5.83. The first kappa shape index (κ1) is 36.0. The van der Waals surface area contributed by atoms with Gasteiger partial charge < -0.3 is 9.64 Å². The number of para-hydroxylation sites is 2. The van der Waals surface area contributed by atoms with E-state index in [0.29, 0.717) is 0 Å². The van der Waals surface area contributed by atoms with E-state index in [4.69, 9.17) is 4.74 Å². The average molecular weight is 758 g/mol. The van der Waals surface area contributed by atoms with Crippen molar-refractivity contribution in [1.29, 1.82) is 0 Å². The molecule has 10 rings (SSSR count). The van der Waals surface area contributed by atoms with Crippen molar-refractivity contribution < 1.29 is 4.74 Å². The van der Waals surface area contributed by atoms with Gasteiger partial charge in [-0.05, 0) is 105 Å². The molecule has 0 bridgehead atoms. The van der Waals surface area contributed by atoms with Crippen LogP contribution in [-0.2, 0) is 5.41 Å². The van der Waals surface area contributed by atoms with E-state index < -0.39 is 0 Å². The Morgan fingerprint density at radius 3 is 1.19 bits per heavy atom. The Labute approximate surface area is 347 Å². The fourth-order valence-electron chi connectivity index (χ4n) is 8.55. The molecule has 1 aliphatic heterocycles. The summed E-state index contributed by atoms with van der Waals surface area (Å²) in [7, 11) is 0. The number of ether oxygens (including phenoxy) is 1. The van der Waals surface area contributed by atoms with Crippen molar-refractivity contribution in [3.8, 4) is 67.1 Å². The maximum absolute atomic E-state index is 6.66. The highest BCUT2D eigenvalue weighted by Gasteiger charge is 2.35. The lowest BCUT2D eigenvalue weighted by Gasteiger charge is -2.35. The minimum absolute atomic E-state index is 0.180. The van der Waals surface area contributed by atoms with Crippen molar-refractivity contribution >= 4 is 17.1 Å². The van der Waals surface area contributed by atoms with E-state index in [9.17, 15) is 0 Å². The number of anilines is 3. The second-order valence-electron chi connectivity index (χ2n) is 15.8. The fraction of sp³-hybridized carbons (Fsp3) is 0.0526. The summed E-state index contributed by atoms with van der Waals surface area (Å²) < 4.78 is 6.66. The third kappa shape index (κ3) is 6.89. The lowest BCUT2D eigenvalue weighted by Crippen LogP contribution is -2.24. The van der Waals surface area contributed by atoms with Crippen LogP contribution in [0.3, 0.4) is 0 Å². The van der Waals surface area contributed by atoms with Gasteiger partial charge in [-0.2, -0.15) is 0 Å². The molecule has 0 aliphatic carbocycles. The molecule has 1 aliphatic rings. The molecule has 1 heterocycles. The molecule has 282 valence electrons. The number of fused-ring (bicyclic) bond motifs is 2. The van der Waals surface area contributed by atoms with Crippen LogP contribution >= 0.6 is 0 Å². The molecule has 0 saturated heterocycles. The van der Waals surface area contributed by atoms with Crippen LogP contribution in [0.5, 0.6) is 11.5 Å². The molecule has 0 unspecified atom stereocenters. The Hall–Kier alpha value is -7.42. The zero-order chi connectivity index (χ0) is 39.8. The van der Waals surface area contributed by atoms with E-state index in [2.05, 4.69) is 243 Å². The summed E-state index contributed by atoms with van der Waals surface area (Å²) in [4.78, 5) is 2.34. The molecule has 0 fully saturated rings. The summed E-state index contributed by atoms with van der Waals surface area (Å²) in [6.45, 7) is 4.57. The highest BCUT2D eigenvalue weighted by Crippen LogP contribution is 2.51. The average Bonchev–Trinajstić information content (AvgIpc) is 3.30. The number of hydrogen-bond donors (Lipinski definition) is 0. The number of benzene rings is 9. The lowest BCUT2D eigenvalue weighted by molar-refractivity contribution is 0.419. The first-order valence-electron chi connectivity index (χ1n) is 20.3. The first-order valence-corrected chi connectivity index (χ1v) is 20.3. The fourth-order valence-corrected chi connectivity index (χ4v) is 8.55. The molecule has 0 radical (unpaired) electrons. The standard InChI is InChI=1S/C57H43NO/c1-57(2)53-23-9-10-25-55(53)59-56-52(22-13-24-54(56)57)44-30-36-51(37-31-44)58(49-32-26-42(27-33-49)47-20-11-18-45(38-47)40-14-5-3-6-15-40)50-34-28-43(29-35-50)48-21-12-19-46(39-48)41-16-7-4-8-17-41/h3-39H,1-2H3. The molecule has 0 amide bonds. The Bertz CT molecular complexity index is 2770. The number of nitrogens with zero attached hydrogens (tertiary/aromatic N) is 1. The summed E-state index contributed by atoms with van der Waals surface area (Å²) in [5, 5.41) is 0. The molecule has 0 N–H and O–H groups in total. The van der Waals surface area contributed by atoms with Crippen LogP contribution in [-0.4, -0.2) is 0 Å². The molecule has 0 atom stereocenters. The van der Waals surface area contributed by atoms with Gasteiger partial charge in [-0.25, -0.2) is 0 Å². The minimum Gasteiger partial charge on any atom is -0.456 e. The van der Waals surface area contributed by atoms with Gasteiger partial charge in [0.2, 0.25) is 0 Å². The van der Waals surface area contributed by atoms with Crippen LogP contribution in [0.4, 0.5) is 17.1 Å². The van der Waals surface area contributed by atoms with E-state index >= 15 is 0 Å². The van der Waals surface area contributed by atoms with Crippen LogP contribution in [0.1, 0.15) is 25.0 Å². The van der Waals surface area contributed by atoms with Crippen molar-refractivity contribution in [1.82, 2.24) is 0 Å². The van der Waals surface area contributed by atoms with Gasteiger partial charge in [-0.3, -0.25) is 0 Å². The smallest absolute Gasteiger partial charge is 0.139 e. The van der Waals surface area contributed by atoms with E-state index in [-0.39, 0.29) is 5.41 Å². The normalized spacial score (nSPS) is 12.5. The van der Waals surface area contributed by atoms with Gasteiger partial charge in [-0.1, -0.05) is 184 Å². The maximum atomic E-state index is 6.66. The Morgan fingerprint density at radius 2 is 0.695 bits per heavy atom. The van der Waals surface area contributed by atoms with Crippen LogP contribution < -0.4 is 9.64 Å². The van der Waals surface area contributed by atoms with E-state index in [1.807, 2.05) is 0 Å². The molecule has 9 aromatic rings. The summed E-state index contributed by atoms with van der Waals surface area (Å²) in [5.41, 5.74) is 17.2. The maximum Gasteiger partial charge on any atom is 0.139 e. The summed E-state index contributed by atoms with van der Waals surface area (Å²) >= 11 is 0. The van der Waals surface area contributed by atoms with Crippen molar-refractivity contribution in [3.05, 3.63) is 236 Å². The number of rotatable bonds is 8. The monoisotopic (exact) mass is 757 g/mol. The van der Waals surface area contributed by atoms with Crippen LogP contribution in [0.25, 0.3) is 55.6 Å².